The topological polar surface area (TPSA) is 73.6 Å². The van der Waals surface area contributed by atoms with Gasteiger partial charge in [-0.05, 0) is 43.4 Å². The van der Waals surface area contributed by atoms with E-state index in [9.17, 15) is 4.79 Å². The SMILES string of the molecule is COc1ccc(C2(NC(=O)[C@@H]3CC[C@H](CN)O3)CCCC2)cc1.Cl. The van der Waals surface area contributed by atoms with Crippen LogP contribution in [0.3, 0.4) is 0 Å². The molecule has 1 saturated heterocycles. The van der Waals surface area contributed by atoms with Crippen molar-refractivity contribution in [2.45, 2.75) is 56.3 Å². The number of carbonyl (C=O) groups is 1. The number of nitrogens with two attached hydrogens (primary N) is 1. The number of ether oxygens (including phenoxy) is 2. The number of amides is 1. The number of hydrogen-bond donors (Lipinski definition) is 2. The Bertz CT molecular complexity index is 544. The molecular weight excluding hydrogens is 328 g/mol. The normalized spacial score (nSPS) is 25.1. The van der Waals surface area contributed by atoms with Gasteiger partial charge in [0.1, 0.15) is 11.9 Å². The summed E-state index contributed by atoms with van der Waals surface area (Å²) in [6.45, 7) is 0.480. The van der Waals surface area contributed by atoms with Gasteiger partial charge in [-0.3, -0.25) is 4.79 Å². The second-order valence-corrected chi connectivity index (χ2v) is 6.57. The number of halogens is 1. The third kappa shape index (κ3) is 3.85. The molecule has 1 saturated carbocycles. The monoisotopic (exact) mass is 354 g/mol. The summed E-state index contributed by atoms with van der Waals surface area (Å²) in [4.78, 5) is 12.7. The van der Waals surface area contributed by atoms with Crippen LogP contribution in [0.4, 0.5) is 0 Å². The van der Waals surface area contributed by atoms with E-state index in [-0.39, 0.29) is 36.1 Å². The van der Waals surface area contributed by atoms with Crippen LogP contribution in [0.5, 0.6) is 5.75 Å². The molecule has 2 fully saturated rings. The Morgan fingerprint density at radius 2 is 1.96 bits per heavy atom. The second kappa shape index (κ2) is 8.19. The van der Waals surface area contributed by atoms with Crippen molar-refractivity contribution < 1.29 is 14.3 Å². The first-order valence-electron chi connectivity index (χ1n) is 8.49. The lowest BCUT2D eigenvalue weighted by Crippen LogP contribution is -2.48. The van der Waals surface area contributed by atoms with E-state index in [0.29, 0.717) is 6.54 Å². The number of hydrogen-bond acceptors (Lipinski definition) is 4. The third-order valence-corrected chi connectivity index (χ3v) is 5.13. The summed E-state index contributed by atoms with van der Waals surface area (Å²) < 4.78 is 11.0. The average molecular weight is 355 g/mol. The van der Waals surface area contributed by atoms with E-state index in [1.807, 2.05) is 12.1 Å². The first-order chi connectivity index (χ1) is 11.2. The molecule has 6 heteroatoms. The quantitative estimate of drug-likeness (QED) is 0.852. The molecule has 2 atom stereocenters. The highest BCUT2D eigenvalue weighted by molar-refractivity contribution is 5.85. The highest BCUT2D eigenvalue weighted by Crippen LogP contribution is 2.39. The van der Waals surface area contributed by atoms with E-state index in [1.54, 1.807) is 7.11 Å². The molecule has 1 aromatic rings. The van der Waals surface area contributed by atoms with Crippen LogP contribution in [0.15, 0.2) is 24.3 Å². The summed E-state index contributed by atoms with van der Waals surface area (Å²) in [5, 5.41) is 3.29. The maximum absolute atomic E-state index is 12.7. The zero-order valence-corrected chi connectivity index (χ0v) is 14.9. The molecular formula is C18H27ClN2O3. The van der Waals surface area contributed by atoms with E-state index < -0.39 is 0 Å². The lowest BCUT2D eigenvalue weighted by atomic mass is 9.87. The Morgan fingerprint density at radius 1 is 1.29 bits per heavy atom. The third-order valence-electron chi connectivity index (χ3n) is 5.13. The molecule has 0 spiro atoms. The van der Waals surface area contributed by atoms with Gasteiger partial charge in [0.25, 0.3) is 0 Å². The Balaban J connectivity index is 0.00000208. The molecule has 24 heavy (non-hydrogen) atoms. The van der Waals surface area contributed by atoms with Crippen molar-refractivity contribution in [2.24, 2.45) is 5.73 Å². The van der Waals surface area contributed by atoms with E-state index >= 15 is 0 Å². The minimum atomic E-state index is -0.362. The summed E-state index contributed by atoms with van der Waals surface area (Å²) in [6.07, 6.45) is 5.48. The van der Waals surface area contributed by atoms with E-state index in [2.05, 4.69) is 17.4 Å². The van der Waals surface area contributed by atoms with Gasteiger partial charge in [0.15, 0.2) is 0 Å². The largest absolute Gasteiger partial charge is 0.497 e. The van der Waals surface area contributed by atoms with Gasteiger partial charge in [-0.2, -0.15) is 0 Å². The number of carbonyl (C=O) groups excluding carboxylic acids is 1. The molecule has 1 aliphatic heterocycles. The Labute approximate surface area is 149 Å². The van der Waals surface area contributed by atoms with Crippen molar-refractivity contribution in [1.82, 2.24) is 5.32 Å². The first-order valence-corrected chi connectivity index (χ1v) is 8.49. The average Bonchev–Trinajstić information content (AvgIpc) is 3.25. The maximum atomic E-state index is 12.7. The molecule has 2 aliphatic rings. The lowest BCUT2D eigenvalue weighted by molar-refractivity contribution is -0.134. The van der Waals surface area contributed by atoms with Gasteiger partial charge in [0.2, 0.25) is 5.91 Å². The van der Waals surface area contributed by atoms with Crippen molar-refractivity contribution in [3.05, 3.63) is 29.8 Å². The number of nitrogens with one attached hydrogen (secondary N) is 1. The number of methoxy groups -OCH3 is 1. The van der Waals surface area contributed by atoms with E-state index in [4.69, 9.17) is 15.2 Å². The van der Waals surface area contributed by atoms with Crippen molar-refractivity contribution >= 4 is 18.3 Å². The maximum Gasteiger partial charge on any atom is 0.249 e. The fourth-order valence-electron chi connectivity index (χ4n) is 3.76. The van der Waals surface area contributed by atoms with Gasteiger partial charge in [-0.15, -0.1) is 12.4 Å². The predicted octanol–water partition coefficient (Wildman–Crippen LogP) is 2.51. The van der Waals surface area contributed by atoms with Crippen molar-refractivity contribution in [1.29, 1.82) is 0 Å². The predicted molar refractivity (Wildman–Crippen MR) is 95.5 cm³/mol. The minimum Gasteiger partial charge on any atom is -0.497 e. The molecule has 5 nitrogen and oxygen atoms in total. The standard InChI is InChI=1S/C18H26N2O3.ClH/c1-22-14-6-4-13(5-7-14)18(10-2-3-11-18)20-17(21)16-9-8-15(12-19)23-16;/h4-7,15-16H,2-3,8-12,19H2,1H3,(H,20,21);1H/t15-,16+;/m1./s1. The first kappa shape index (κ1) is 19.0. The Morgan fingerprint density at radius 3 is 2.50 bits per heavy atom. The molecule has 134 valence electrons. The summed E-state index contributed by atoms with van der Waals surface area (Å²) in [5.74, 6) is 0.830. The lowest BCUT2D eigenvalue weighted by Gasteiger charge is -2.32. The summed E-state index contributed by atoms with van der Waals surface area (Å²) in [5.41, 5.74) is 6.52. The van der Waals surface area contributed by atoms with Gasteiger partial charge in [0.05, 0.1) is 18.8 Å². The Kier molecular flexibility index (Phi) is 6.49. The summed E-state index contributed by atoms with van der Waals surface area (Å²) >= 11 is 0. The van der Waals surface area contributed by atoms with Crippen LogP contribution in [0.1, 0.15) is 44.1 Å². The van der Waals surface area contributed by atoms with Crippen LogP contribution < -0.4 is 15.8 Å². The van der Waals surface area contributed by atoms with Crippen LogP contribution in [0.2, 0.25) is 0 Å². The molecule has 1 amide bonds. The molecule has 1 aromatic carbocycles. The molecule has 0 aromatic heterocycles. The smallest absolute Gasteiger partial charge is 0.249 e. The molecule has 3 rings (SSSR count). The van der Waals surface area contributed by atoms with Crippen LogP contribution in [-0.2, 0) is 15.1 Å². The van der Waals surface area contributed by atoms with Crippen LogP contribution in [-0.4, -0.2) is 31.8 Å². The highest BCUT2D eigenvalue weighted by atomic mass is 35.5. The molecule has 1 heterocycles. The molecule has 0 radical (unpaired) electrons. The zero-order valence-electron chi connectivity index (χ0n) is 14.1. The van der Waals surface area contributed by atoms with Crippen LogP contribution >= 0.6 is 12.4 Å². The fraction of sp³-hybridized carbons (Fsp3) is 0.611. The van der Waals surface area contributed by atoms with Gasteiger partial charge >= 0.3 is 0 Å². The van der Waals surface area contributed by atoms with Gasteiger partial charge < -0.3 is 20.5 Å². The van der Waals surface area contributed by atoms with Crippen LogP contribution in [0, 0.1) is 0 Å². The van der Waals surface area contributed by atoms with Gasteiger partial charge in [-0.1, -0.05) is 25.0 Å². The molecule has 3 N–H and O–H groups in total. The summed E-state index contributed by atoms with van der Waals surface area (Å²) in [6, 6.07) is 8.03. The highest BCUT2D eigenvalue weighted by Gasteiger charge is 2.40. The summed E-state index contributed by atoms with van der Waals surface area (Å²) in [7, 11) is 1.66. The van der Waals surface area contributed by atoms with E-state index in [1.165, 1.54) is 0 Å². The fourth-order valence-corrected chi connectivity index (χ4v) is 3.76. The Hall–Kier alpha value is -1.30. The number of rotatable bonds is 5. The van der Waals surface area contributed by atoms with Crippen molar-refractivity contribution in [3.8, 4) is 5.75 Å². The van der Waals surface area contributed by atoms with E-state index in [0.717, 1.165) is 49.8 Å². The molecule has 0 unspecified atom stereocenters. The van der Waals surface area contributed by atoms with Crippen molar-refractivity contribution in [3.63, 3.8) is 0 Å². The zero-order chi connectivity index (χ0) is 16.3. The number of benzene rings is 1. The molecule has 0 bridgehead atoms. The minimum absolute atomic E-state index is 0. The van der Waals surface area contributed by atoms with Crippen LogP contribution in [0.25, 0.3) is 0 Å². The molecule has 1 aliphatic carbocycles. The van der Waals surface area contributed by atoms with Gasteiger partial charge in [-0.25, -0.2) is 0 Å². The second-order valence-electron chi connectivity index (χ2n) is 6.57. The van der Waals surface area contributed by atoms with Crippen molar-refractivity contribution in [2.75, 3.05) is 13.7 Å². The van der Waals surface area contributed by atoms with Gasteiger partial charge in [0, 0.05) is 6.54 Å².